The number of carbonyl (C=O) groups excluding carboxylic acids is 1. The van der Waals surface area contributed by atoms with Crippen molar-refractivity contribution in [3.63, 3.8) is 0 Å². The Kier molecular flexibility index (Phi) is 4.28. The molecule has 0 saturated heterocycles. The van der Waals surface area contributed by atoms with Crippen LogP contribution < -0.4 is 4.74 Å². The van der Waals surface area contributed by atoms with Crippen molar-refractivity contribution < 1.29 is 9.53 Å². The Morgan fingerprint density at radius 3 is 2.80 bits per heavy atom. The third-order valence-corrected chi connectivity index (χ3v) is 5.38. The molecule has 0 radical (unpaired) electrons. The molecule has 4 rings (SSSR count). The summed E-state index contributed by atoms with van der Waals surface area (Å²) in [5.74, 6) is 1.95. The second kappa shape index (κ2) is 6.72. The third-order valence-electron chi connectivity index (χ3n) is 4.51. The quantitative estimate of drug-likeness (QED) is 0.724. The van der Waals surface area contributed by atoms with E-state index in [9.17, 15) is 4.79 Å². The molecule has 128 valence electrons. The average molecular weight is 353 g/mol. The molecule has 1 amide bonds. The molecule has 3 heterocycles. The second-order valence-electron chi connectivity index (χ2n) is 6.01. The number of amides is 1. The second-order valence-corrected chi connectivity index (χ2v) is 7.04. The first kappa shape index (κ1) is 15.9. The normalized spacial score (nSPS) is 13.6. The van der Waals surface area contributed by atoms with E-state index < -0.39 is 0 Å². The number of methoxy groups -OCH3 is 1. The zero-order valence-corrected chi connectivity index (χ0v) is 14.8. The molecule has 0 spiro atoms. The van der Waals surface area contributed by atoms with Crippen LogP contribution in [0.15, 0.2) is 48.0 Å². The minimum absolute atomic E-state index is 0.169. The molecule has 0 fully saturated rings. The van der Waals surface area contributed by atoms with E-state index in [-0.39, 0.29) is 5.91 Å². The number of thiophene rings is 1. The fraction of sp³-hybridized carbons (Fsp3) is 0.263. The molecule has 0 atom stereocenters. The Morgan fingerprint density at radius 1 is 1.24 bits per heavy atom. The highest BCUT2D eigenvalue weighted by molar-refractivity contribution is 7.10. The number of imidazole rings is 1. The molecule has 3 aromatic rings. The summed E-state index contributed by atoms with van der Waals surface area (Å²) in [6, 6.07) is 12.0. The predicted molar refractivity (Wildman–Crippen MR) is 97.7 cm³/mol. The summed E-state index contributed by atoms with van der Waals surface area (Å²) < 4.78 is 7.42. The van der Waals surface area contributed by atoms with E-state index in [2.05, 4.69) is 9.55 Å². The van der Waals surface area contributed by atoms with Crippen LogP contribution >= 0.6 is 11.3 Å². The van der Waals surface area contributed by atoms with Crippen molar-refractivity contribution in [1.29, 1.82) is 0 Å². The molecular formula is C19H19N3O2S. The van der Waals surface area contributed by atoms with E-state index in [0.29, 0.717) is 13.0 Å². The van der Waals surface area contributed by atoms with Crippen molar-refractivity contribution in [2.24, 2.45) is 0 Å². The van der Waals surface area contributed by atoms with Crippen LogP contribution in [-0.4, -0.2) is 34.0 Å². The van der Waals surface area contributed by atoms with Gasteiger partial charge >= 0.3 is 0 Å². The van der Waals surface area contributed by atoms with Crippen LogP contribution in [0.5, 0.6) is 5.75 Å². The Labute approximate surface area is 150 Å². The van der Waals surface area contributed by atoms with Crippen molar-refractivity contribution in [2.75, 3.05) is 13.7 Å². The average Bonchev–Trinajstić information content (AvgIpc) is 3.30. The zero-order valence-electron chi connectivity index (χ0n) is 14.0. The van der Waals surface area contributed by atoms with Gasteiger partial charge in [0.05, 0.1) is 32.0 Å². The molecule has 5 nitrogen and oxygen atoms in total. The van der Waals surface area contributed by atoms with E-state index in [1.807, 2.05) is 52.9 Å². The molecule has 0 saturated carbocycles. The van der Waals surface area contributed by atoms with Gasteiger partial charge in [0.2, 0.25) is 5.91 Å². The maximum atomic E-state index is 12.5. The standard InChI is InChI=1S/C19H19N3O2S/c1-24-15-6-4-14(5-7-15)17-12-20-18-13-21(8-9-22(17)18)19(23)11-16-3-2-10-25-16/h2-7,10,12H,8-9,11,13H2,1H3. The van der Waals surface area contributed by atoms with Crippen molar-refractivity contribution in [3.8, 4) is 17.0 Å². The molecule has 1 aliphatic rings. The molecular weight excluding hydrogens is 334 g/mol. The largest absolute Gasteiger partial charge is 0.497 e. The van der Waals surface area contributed by atoms with E-state index in [0.717, 1.165) is 40.8 Å². The number of ether oxygens (including phenoxy) is 1. The molecule has 25 heavy (non-hydrogen) atoms. The van der Waals surface area contributed by atoms with Crippen LogP contribution in [0.25, 0.3) is 11.3 Å². The highest BCUT2D eigenvalue weighted by atomic mass is 32.1. The van der Waals surface area contributed by atoms with E-state index >= 15 is 0 Å². The first-order valence-electron chi connectivity index (χ1n) is 8.23. The minimum Gasteiger partial charge on any atom is -0.497 e. The molecule has 1 aromatic carbocycles. The molecule has 0 bridgehead atoms. The number of aromatic nitrogens is 2. The van der Waals surface area contributed by atoms with Gasteiger partial charge in [0.1, 0.15) is 11.6 Å². The van der Waals surface area contributed by atoms with E-state index in [1.165, 1.54) is 0 Å². The lowest BCUT2D eigenvalue weighted by molar-refractivity contribution is -0.131. The maximum absolute atomic E-state index is 12.5. The van der Waals surface area contributed by atoms with Gasteiger partial charge in [0, 0.05) is 23.5 Å². The smallest absolute Gasteiger partial charge is 0.228 e. The van der Waals surface area contributed by atoms with Gasteiger partial charge in [-0.05, 0) is 35.7 Å². The molecule has 1 aliphatic heterocycles. The van der Waals surface area contributed by atoms with Crippen LogP contribution in [-0.2, 0) is 24.3 Å². The van der Waals surface area contributed by atoms with Gasteiger partial charge in [-0.3, -0.25) is 4.79 Å². The molecule has 6 heteroatoms. The topological polar surface area (TPSA) is 47.4 Å². The Bertz CT molecular complexity index is 869. The fourth-order valence-corrected chi connectivity index (χ4v) is 3.84. The summed E-state index contributed by atoms with van der Waals surface area (Å²) in [7, 11) is 1.66. The number of benzene rings is 1. The third kappa shape index (κ3) is 3.17. The SMILES string of the molecule is COc1ccc(-c2cnc3n2CCN(C(=O)Cc2cccs2)C3)cc1. The van der Waals surface area contributed by atoms with Gasteiger partial charge in [0.15, 0.2) is 0 Å². The maximum Gasteiger partial charge on any atom is 0.228 e. The number of fused-ring (bicyclic) bond motifs is 1. The van der Waals surface area contributed by atoms with Gasteiger partial charge in [-0.1, -0.05) is 6.07 Å². The summed E-state index contributed by atoms with van der Waals surface area (Å²) >= 11 is 1.63. The molecule has 2 aromatic heterocycles. The van der Waals surface area contributed by atoms with Crippen LogP contribution in [0.3, 0.4) is 0 Å². The number of hydrogen-bond donors (Lipinski definition) is 0. The van der Waals surface area contributed by atoms with Crippen LogP contribution in [0.4, 0.5) is 0 Å². The van der Waals surface area contributed by atoms with E-state index in [1.54, 1.807) is 18.4 Å². The van der Waals surface area contributed by atoms with Gasteiger partial charge in [-0.25, -0.2) is 4.98 Å². The lowest BCUT2D eigenvalue weighted by atomic mass is 10.1. The van der Waals surface area contributed by atoms with Gasteiger partial charge in [0.25, 0.3) is 0 Å². The Morgan fingerprint density at radius 2 is 2.08 bits per heavy atom. The lowest BCUT2D eigenvalue weighted by Gasteiger charge is -2.28. The fourth-order valence-electron chi connectivity index (χ4n) is 3.14. The van der Waals surface area contributed by atoms with Gasteiger partial charge < -0.3 is 14.2 Å². The number of nitrogens with zero attached hydrogens (tertiary/aromatic N) is 3. The molecule has 0 aliphatic carbocycles. The molecule has 0 N–H and O–H groups in total. The van der Waals surface area contributed by atoms with E-state index in [4.69, 9.17) is 4.74 Å². The first-order chi connectivity index (χ1) is 12.2. The van der Waals surface area contributed by atoms with Crippen molar-refractivity contribution in [2.45, 2.75) is 19.5 Å². The summed E-state index contributed by atoms with van der Waals surface area (Å²) in [4.78, 5) is 20.1. The number of hydrogen-bond acceptors (Lipinski definition) is 4. The summed E-state index contributed by atoms with van der Waals surface area (Å²) in [6.45, 7) is 2.06. The molecule has 0 unspecified atom stereocenters. The summed E-state index contributed by atoms with van der Waals surface area (Å²) in [5.41, 5.74) is 2.20. The summed E-state index contributed by atoms with van der Waals surface area (Å²) in [5, 5.41) is 2.01. The Balaban J connectivity index is 1.51. The highest BCUT2D eigenvalue weighted by Crippen LogP contribution is 2.26. The Hall–Kier alpha value is -2.60. The zero-order chi connectivity index (χ0) is 17.2. The van der Waals surface area contributed by atoms with Crippen molar-refractivity contribution in [1.82, 2.24) is 14.5 Å². The van der Waals surface area contributed by atoms with Crippen LogP contribution in [0.2, 0.25) is 0 Å². The highest BCUT2D eigenvalue weighted by Gasteiger charge is 2.24. The van der Waals surface area contributed by atoms with Gasteiger partial charge in [-0.15, -0.1) is 11.3 Å². The number of carbonyl (C=O) groups is 1. The van der Waals surface area contributed by atoms with Crippen LogP contribution in [0.1, 0.15) is 10.7 Å². The van der Waals surface area contributed by atoms with Crippen molar-refractivity contribution in [3.05, 3.63) is 58.7 Å². The first-order valence-corrected chi connectivity index (χ1v) is 9.11. The van der Waals surface area contributed by atoms with Crippen molar-refractivity contribution >= 4 is 17.2 Å². The van der Waals surface area contributed by atoms with Crippen LogP contribution in [0, 0.1) is 0 Å². The lowest BCUT2D eigenvalue weighted by Crippen LogP contribution is -2.39. The number of rotatable bonds is 4. The summed E-state index contributed by atoms with van der Waals surface area (Å²) in [6.07, 6.45) is 2.37. The monoisotopic (exact) mass is 353 g/mol. The minimum atomic E-state index is 0.169. The predicted octanol–water partition coefficient (Wildman–Crippen LogP) is 3.21. The van der Waals surface area contributed by atoms with Gasteiger partial charge in [-0.2, -0.15) is 0 Å².